The van der Waals surface area contributed by atoms with Gasteiger partial charge in [0.05, 0.1) is 12.2 Å². The molecular formula is C27H29N3O2. The van der Waals surface area contributed by atoms with Crippen LogP contribution < -0.4 is 10.1 Å². The van der Waals surface area contributed by atoms with Crippen molar-refractivity contribution in [1.82, 2.24) is 5.32 Å². The highest BCUT2D eigenvalue weighted by atomic mass is 16.5. The maximum atomic E-state index is 10.8. The number of amidine groups is 2. The van der Waals surface area contributed by atoms with Gasteiger partial charge in [-0.15, -0.1) is 0 Å². The number of ether oxygens (including phenoxy) is 1. The Balaban J connectivity index is 1.58. The molecule has 0 radical (unpaired) electrons. The quantitative estimate of drug-likeness (QED) is 0.421. The molecule has 0 saturated carbocycles. The second-order valence-electron chi connectivity index (χ2n) is 7.82. The molecule has 1 atom stereocenters. The fourth-order valence-corrected chi connectivity index (χ4v) is 3.62. The van der Waals surface area contributed by atoms with E-state index in [0.717, 1.165) is 29.8 Å². The molecule has 164 valence electrons. The molecule has 0 fully saturated rings. The summed E-state index contributed by atoms with van der Waals surface area (Å²) >= 11 is 0. The topological polar surface area (TPSA) is 66.2 Å². The van der Waals surface area contributed by atoms with Crippen molar-refractivity contribution in [2.24, 2.45) is 9.98 Å². The summed E-state index contributed by atoms with van der Waals surface area (Å²) in [7, 11) is 0. The number of phenolic OH excluding ortho intramolecular Hbond substituents is 1. The standard InChI is InChI=1S/C27H29N3O2/c1-2-3-4-11-18-32-22-16-17-23(24(31)19-22)27-29-25(20-12-7-5-8-13-20)28-26(30-27)21-14-9-6-10-15-21/h5-10,12-17,19,25,31H,2-4,11,18H2,1H3,(H,28,29,30). The zero-order valence-corrected chi connectivity index (χ0v) is 18.4. The van der Waals surface area contributed by atoms with Crippen molar-refractivity contribution < 1.29 is 9.84 Å². The molecule has 0 saturated heterocycles. The van der Waals surface area contributed by atoms with E-state index in [-0.39, 0.29) is 5.75 Å². The van der Waals surface area contributed by atoms with Crippen molar-refractivity contribution in [2.75, 3.05) is 6.61 Å². The molecule has 0 aliphatic carbocycles. The molecule has 0 amide bonds. The monoisotopic (exact) mass is 427 g/mol. The molecule has 3 aromatic carbocycles. The van der Waals surface area contributed by atoms with Crippen molar-refractivity contribution in [1.29, 1.82) is 0 Å². The van der Waals surface area contributed by atoms with Gasteiger partial charge in [0.1, 0.15) is 23.2 Å². The van der Waals surface area contributed by atoms with Gasteiger partial charge in [-0.05, 0) is 24.1 Å². The van der Waals surface area contributed by atoms with Gasteiger partial charge < -0.3 is 15.2 Å². The van der Waals surface area contributed by atoms with Crippen LogP contribution in [0.2, 0.25) is 0 Å². The van der Waals surface area contributed by atoms with E-state index in [1.165, 1.54) is 12.8 Å². The third-order valence-electron chi connectivity index (χ3n) is 5.38. The van der Waals surface area contributed by atoms with Crippen LogP contribution in [0.25, 0.3) is 0 Å². The maximum absolute atomic E-state index is 10.8. The molecular weight excluding hydrogens is 398 g/mol. The number of nitrogens with zero attached hydrogens (tertiary/aromatic N) is 2. The van der Waals surface area contributed by atoms with Crippen molar-refractivity contribution in [3.05, 3.63) is 95.6 Å². The molecule has 3 aromatic rings. The SMILES string of the molecule is CCCCCCOc1ccc(C2=NC(c3ccccc3)N=C(c3ccccc3)N2)c(O)c1. The molecule has 1 heterocycles. The van der Waals surface area contributed by atoms with Crippen LogP contribution in [-0.4, -0.2) is 23.4 Å². The molecule has 5 nitrogen and oxygen atoms in total. The van der Waals surface area contributed by atoms with Crippen molar-refractivity contribution in [3.8, 4) is 11.5 Å². The summed E-state index contributed by atoms with van der Waals surface area (Å²) in [5.74, 6) is 2.10. The molecule has 5 heteroatoms. The van der Waals surface area contributed by atoms with E-state index >= 15 is 0 Å². The summed E-state index contributed by atoms with van der Waals surface area (Å²) in [5, 5.41) is 14.1. The number of phenols is 1. The molecule has 2 N–H and O–H groups in total. The van der Waals surface area contributed by atoms with Crippen LogP contribution in [0.4, 0.5) is 0 Å². The Labute approximate surface area is 189 Å². The minimum absolute atomic E-state index is 0.128. The highest BCUT2D eigenvalue weighted by Gasteiger charge is 2.22. The van der Waals surface area contributed by atoms with Gasteiger partial charge in [-0.25, -0.2) is 9.98 Å². The van der Waals surface area contributed by atoms with E-state index in [4.69, 9.17) is 14.7 Å². The molecule has 0 spiro atoms. The molecule has 1 aliphatic heterocycles. The summed E-state index contributed by atoms with van der Waals surface area (Å²) < 4.78 is 5.81. The van der Waals surface area contributed by atoms with Gasteiger partial charge in [0.15, 0.2) is 6.17 Å². The summed E-state index contributed by atoms with van der Waals surface area (Å²) in [6, 6.07) is 25.3. The molecule has 1 unspecified atom stereocenters. The van der Waals surface area contributed by atoms with Crippen molar-refractivity contribution in [2.45, 2.75) is 38.8 Å². The lowest BCUT2D eigenvalue weighted by atomic mass is 10.1. The average molecular weight is 428 g/mol. The fourth-order valence-electron chi connectivity index (χ4n) is 3.62. The molecule has 1 aliphatic rings. The summed E-state index contributed by atoms with van der Waals surface area (Å²) in [6.45, 7) is 2.84. The summed E-state index contributed by atoms with van der Waals surface area (Å²) in [4.78, 5) is 9.62. The number of hydrogen-bond acceptors (Lipinski definition) is 5. The first-order valence-corrected chi connectivity index (χ1v) is 11.2. The highest BCUT2D eigenvalue weighted by Crippen LogP contribution is 2.28. The van der Waals surface area contributed by atoms with E-state index in [2.05, 4.69) is 12.2 Å². The highest BCUT2D eigenvalue weighted by molar-refractivity contribution is 6.16. The Bertz CT molecular complexity index is 1080. The Morgan fingerprint density at radius 1 is 0.844 bits per heavy atom. The minimum atomic E-state index is -0.392. The summed E-state index contributed by atoms with van der Waals surface area (Å²) in [6.07, 6.45) is 4.19. The fraction of sp³-hybridized carbons (Fsp3) is 0.259. The van der Waals surface area contributed by atoms with Gasteiger partial charge in [-0.2, -0.15) is 0 Å². The zero-order chi connectivity index (χ0) is 22.2. The summed E-state index contributed by atoms with van der Waals surface area (Å²) in [5.41, 5.74) is 2.58. The van der Waals surface area contributed by atoms with Crippen LogP contribution in [0.5, 0.6) is 11.5 Å². The second kappa shape index (κ2) is 10.6. The first-order chi connectivity index (χ1) is 15.7. The largest absolute Gasteiger partial charge is 0.507 e. The average Bonchev–Trinajstić information content (AvgIpc) is 2.85. The van der Waals surface area contributed by atoms with E-state index in [9.17, 15) is 5.11 Å². The third-order valence-corrected chi connectivity index (χ3v) is 5.38. The van der Waals surface area contributed by atoms with Crippen LogP contribution in [-0.2, 0) is 0 Å². The number of benzene rings is 3. The van der Waals surface area contributed by atoms with Crippen LogP contribution in [0.3, 0.4) is 0 Å². The molecule has 0 bridgehead atoms. The predicted octanol–water partition coefficient (Wildman–Crippen LogP) is 5.85. The number of unbranched alkanes of at least 4 members (excludes halogenated alkanes) is 3. The van der Waals surface area contributed by atoms with Crippen LogP contribution in [0.1, 0.15) is 55.5 Å². The number of nitrogens with one attached hydrogen (secondary N) is 1. The van der Waals surface area contributed by atoms with Gasteiger partial charge in [0.25, 0.3) is 0 Å². The lowest BCUT2D eigenvalue weighted by molar-refractivity contribution is 0.303. The minimum Gasteiger partial charge on any atom is -0.507 e. The normalized spacial score (nSPS) is 15.5. The van der Waals surface area contributed by atoms with Gasteiger partial charge in [0, 0.05) is 11.6 Å². The van der Waals surface area contributed by atoms with Crippen LogP contribution in [0, 0.1) is 0 Å². The van der Waals surface area contributed by atoms with Gasteiger partial charge in [-0.3, -0.25) is 0 Å². The first kappa shape index (κ1) is 21.6. The van der Waals surface area contributed by atoms with Crippen LogP contribution in [0.15, 0.2) is 88.8 Å². The Morgan fingerprint density at radius 2 is 1.56 bits per heavy atom. The molecule has 0 aromatic heterocycles. The lowest BCUT2D eigenvalue weighted by Gasteiger charge is -2.23. The van der Waals surface area contributed by atoms with E-state index in [0.29, 0.717) is 23.8 Å². The number of aromatic hydroxyl groups is 1. The van der Waals surface area contributed by atoms with E-state index in [1.54, 1.807) is 6.07 Å². The molecule has 32 heavy (non-hydrogen) atoms. The van der Waals surface area contributed by atoms with Crippen molar-refractivity contribution in [3.63, 3.8) is 0 Å². The van der Waals surface area contributed by atoms with Gasteiger partial charge in [0.2, 0.25) is 0 Å². The number of rotatable bonds is 9. The van der Waals surface area contributed by atoms with Crippen molar-refractivity contribution >= 4 is 11.7 Å². The van der Waals surface area contributed by atoms with Gasteiger partial charge in [-0.1, -0.05) is 86.8 Å². The predicted molar refractivity (Wildman–Crippen MR) is 130 cm³/mol. The molecule has 4 rings (SSSR count). The van der Waals surface area contributed by atoms with Gasteiger partial charge >= 0.3 is 0 Å². The first-order valence-electron chi connectivity index (χ1n) is 11.2. The maximum Gasteiger partial charge on any atom is 0.169 e. The number of hydrogen-bond donors (Lipinski definition) is 2. The Morgan fingerprint density at radius 3 is 2.28 bits per heavy atom. The van der Waals surface area contributed by atoms with Crippen LogP contribution >= 0.6 is 0 Å². The zero-order valence-electron chi connectivity index (χ0n) is 18.4. The second-order valence-corrected chi connectivity index (χ2v) is 7.82. The third kappa shape index (κ3) is 5.35. The Kier molecular flexibility index (Phi) is 7.18. The van der Waals surface area contributed by atoms with E-state index in [1.807, 2.05) is 72.8 Å². The Hall–Kier alpha value is -3.60. The lowest BCUT2D eigenvalue weighted by Crippen LogP contribution is -2.36. The van der Waals surface area contributed by atoms with E-state index < -0.39 is 6.17 Å². The smallest absolute Gasteiger partial charge is 0.169 e. The number of aliphatic imine (C=N–C) groups is 2.